The van der Waals surface area contributed by atoms with Crippen LogP contribution in [0.3, 0.4) is 0 Å². The normalized spacial score (nSPS) is 17.6. The zero-order valence-corrected chi connectivity index (χ0v) is 20.3. The number of aryl methyl sites for hydroxylation is 1. The predicted molar refractivity (Wildman–Crippen MR) is 131 cm³/mol. The molecule has 0 saturated carbocycles. The average molecular weight is 465 g/mol. The first kappa shape index (κ1) is 22.6. The molecule has 2 aliphatic heterocycles. The monoisotopic (exact) mass is 464 g/mol. The van der Waals surface area contributed by atoms with Crippen molar-refractivity contribution in [2.45, 2.75) is 39.3 Å². The number of carbonyl (C=O) groups is 1. The van der Waals surface area contributed by atoms with E-state index in [2.05, 4.69) is 31.9 Å². The molecule has 9 nitrogen and oxygen atoms in total. The number of hydrogen-bond donors (Lipinski definition) is 0. The fourth-order valence-corrected chi connectivity index (χ4v) is 4.40. The molecule has 9 heteroatoms. The van der Waals surface area contributed by atoms with Crippen LogP contribution in [-0.2, 0) is 9.47 Å². The fourth-order valence-electron chi connectivity index (χ4n) is 4.40. The molecular formula is C25H32N6O3. The Labute approximate surface area is 199 Å². The predicted octanol–water partition coefficient (Wildman–Crippen LogP) is 3.63. The van der Waals surface area contributed by atoms with Gasteiger partial charge < -0.3 is 18.8 Å². The van der Waals surface area contributed by atoms with Crippen LogP contribution in [0.15, 0.2) is 42.9 Å². The van der Waals surface area contributed by atoms with E-state index >= 15 is 0 Å². The minimum absolute atomic E-state index is 0.448. The van der Waals surface area contributed by atoms with E-state index in [0.29, 0.717) is 23.2 Å². The van der Waals surface area contributed by atoms with Gasteiger partial charge in [0.25, 0.3) is 0 Å². The van der Waals surface area contributed by atoms with Gasteiger partial charge >= 0.3 is 6.09 Å². The van der Waals surface area contributed by atoms with Crippen molar-refractivity contribution in [1.29, 1.82) is 0 Å². The summed E-state index contributed by atoms with van der Waals surface area (Å²) in [5, 5.41) is 0. The molecule has 4 heterocycles. The Kier molecular flexibility index (Phi) is 5.91. The van der Waals surface area contributed by atoms with Crippen LogP contribution in [0.5, 0.6) is 0 Å². The summed E-state index contributed by atoms with van der Waals surface area (Å²) in [5.41, 5.74) is 2.56. The molecule has 5 rings (SSSR count). The number of nitrogens with zero attached hydrogens (tertiary/aromatic N) is 6. The summed E-state index contributed by atoms with van der Waals surface area (Å²) in [6, 6.07) is 8.61. The van der Waals surface area contributed by atoms with Gasteiger partial charge in [-0.25, -0.2) is 19.7 Å². The summed E-state index contributed by atoms with van der Waals surface area (Å²) in [6.07, 6.45) is 4.95. The highest BCUT2D eigenvalue weighted by atomic mass is 16.6. The summed E-state index contributed by atoms with van der Waals surface area (Å²) in [5.74, 6) is 0.448. The minimum Gasteiger partial charge on any atom is -0.443 e. The maximum atomic E-state index is 13.4. The lowest BCUT2D eigenvalue weighted by molar-refractivity contribution is -0.0660. The molecule has 2 fully saturated rings. The van der Waals surface area contributed by atoms with Crippen LogP contribution in [0, 0.1) is 6.92 Å². The van der Waals surface area contributed by atoms with Gasteiger partial charge in [0.15, 0.2) is 11.5 Å². The van der Waals surface area contributed by atoms with E-state index in [-0.39, 0.29) is 0 Å². The quantitative estimate of drug-likeness (QED) is 0.584. The Morgan fingerprint density at radius 3 is 2.44 bits per heavy atom. The third-order valence-electron chi connectivity index (χ3n) is 6.19. The van der Waals surface area contributed by atoms with Crippen molar-refractivity contribution in [3.8, 4) is 0 Å². The van der Waals surface area contributed by atoms with Gasteiger partial charge in [-0.2, -0.15) is 0 Å². The molecule has 2 aromatic heterocycles. The lowest BCUT2D eigenvalue weighted by atomic mass is 10.1. The zero-order valence-electron chi connectivity index (χ0n) is 20.3. The van der Waals surface area contributed by atoms with E-state index < -0.39 is 11.7 Å². The highest BCUT2D eigenvalue weighted by Gasteiger charge is 2.30. The van der Waals surface area contributed by atoms with Crippen molar-refractivity contribution in [1.82, 2.24) is 19.3 Å². The van der Waals surface area contributed by atoms with Crippen LogP contribution in [0.1, 0.15) is 26.5 Å². The number of fused-ring (bicyclic) bond motifs is 1. The lowest BCUT2D eigenvalue weighted by Gasteiger charge is -2.43. The summed E-state index contributed by atoms with van der Waals surface area (Å²) in [7, 11) is 0. The van der Waals surface area contributed by atoms with Gasteiger partial charge in [0.1, 0.15) is 5.60 Å². The van der Waals surface area contributed by atoms with E-state index in [0.717, 1.165) is 50.8 Å². The van der Waals surface area contributed by atoms with Gasteiger partial charge in [0, 0.05) is 50.5 Å². The number of benzene rings is 1. The van der Waals surface area contributed by atoms with E-state index in [1.54, 1.807) is 6.20 Å². The highest BCUT2D eigenvalue weighted by Crippen LogP contribution is 2.31. The van der Waals surface area contributed by atoms with E-state index in [1.807, 2.05) is 56.6 Å². The molecular weight excluding hydrogens is 432 g/mol. The first-order chi connectivity index (χ1) is 16.3. The van der Waals surface area contributed by atoms with Gasteiger partial charge in [-0.1, -0.05) is 0 Å². The number of anilines is 3. The smallest absolute Gasteiger partial charge is 0.420 e. The molecule has 34 heavy (non-hydrogen) atoms. The maximum absolute atomic E-state index is 13.4. The molecule has 0 N–H and O–H groups in total. The molecule has 0 unspecified atom stereocenters. The molecule has 3 aromatic rings. The first-order valence-corrected chi connectivity index (χ1v) is 11.8. The highest BCUT2D eigenvalue weighted by molar-refractivity contribution is 5.98. The SMILES string of the molecule is Cc1cn2ccnc2c(N(C(=O)OC(C)(C)C)c2ccc(N3CCN(C4COC4)CC3)cc2)n1. The van der Waals surface area contributed by atoms with Crippen molar-refractivity contribution in [2.75, 3.05) is 49.2 Å². The van der Waals surface area contributed by atoms with Crippen LogP contribution in [0.4, 0.5) is 22.0 Å². The Morgan fingerprint density at radius 1 is 1.12 bits per heavy atom. The first-order valence-electron chi connectivity index (χ1n) is 11.8. The minimum atomic E-state index is -0.643. The van der Waals surface area contributed by atoms with Crippen molar-refractivity contribution in [2.24, 2.45) is 0 Å². The summed E-state index contributed by atoms with van der Waals surface area (Å²) >= 11 is 0. The van der Waals surface area contributed by atoms with Crippen LogP contribution in [0.2, 0.25) is 0 Å². The number of carbonyl (C=O) groups excluding carboxylic acids is 1. The Bertz CT molecular complexity index is 1160. The number of rotatable bonds is 4. The second-order valence-electron chi connectivity index (χ2n) is 9.91. The third-order valence-corrected chi connectivity index (χ3v) is 6.19. The van der Waals surface area contributed by atoms with Gasteiger partial charge in [0.2, 0.25) is 0 Å². The summed E-state index contributed by atoms with van der Waals surface area (Å²) < 4.78 is 13.0. The average Bonchev–Trinajstić information content (AvgIpc) is 3.21. The van der Waals surface area contributed by atoms with Crippen LogP contribution < -0.4 is 9.80 Å². The summed E-state index contributed by atoms with van der Waals surface area (Å²) in [4.78, 5) is 28.9. The second-order valence-corrected chi connectivity index (χ2v) is 9.91. The Hall–Kier alpha value is -3.17. The number of imidazole rings is 1. The molecule has 2 aliphatic rings. The van der Waals surface area contributed by atoms with Crippen molar-refractivity contribution < 1.29 is 14.3 Å². The largest absolute Gasteiger partial charge is 0.443 e. The molecule has 2 saturated heterocycles. The van der Waals surface area contributed by atoms with Gasteiger partial charge in [-0.05, 0) is 52.0 Å². The lowest BCUT2D eigenvalue weighted by Crippen LogP contribution is -2.56. The standard InChI is InChI=1S/C25H32N6O3/c1-18-15-30-10-9-26-22(30)23(27-18)31(24(32)34-25(2,3)4)20-7-5-19(6-8-20)28-11-13-29(14-12-28)21-16-33-17-21/h5-10,15,21H,11-14,16-17H2,1-4H3. The number of ether oxygens (including phenoxy) is 2. The number of piperazine rings is 1. The Balaban J connectivity index is 1.42. The van der Waals surface area contributed by atoms with E-state index in [9.17, 15) is 4.79 Å². The molecule has 0 radical (unpaired) electrons. The van der Waals surface area contributed by atoms with Crippen LogP contribution in [0.25, 0.3) is 5.65 Å². The van der Waals surface area contributed by atoms with Gasteiger partial charge in [-0.3, -0.25) is 4.90 Å². The molecule has 180 valence electrons. The second kappa shape index (κ2) is 8.88. The van der Waals surface area contributed by atoms with Crippen molar-refractivity contribution in [3.05, 3.63) is 48.5 Å². The van der Waals surface area contributed by atoms with Crippen LogP contribution in [-0.4, -0.2) is 76.4 Å². The molecule has 0 spiro atoms. The van der Waals surface area contributed by atoms with Gasteiger partial charge in [0.05, 0.1) is 30.6 Å². The fraction of sp³-hybridized carbons (Fsp3) is 0.480. The molecule has 0 bridgehead atoms. The number of hydrogen-bond acceptors (Lipinski definition) is 7. The van der Waals surface area contributed by atoms with Crippen LogP contribution >= 0.6 is 0 Å². The number of amides is 1. The maximum Gasteiger partial charge on any atom is 0.420 e. The molecule has 1 amide bonds. The van der Waals surface area contributed by atoms with Crippen molar-refractivity contribution >= 4 is 28.9 Å². The topological polar surface area (TPSA) is 75.4 Å². The molecule has 1 aromatic carbocycles. The van der Waals surface area contributed by atoms with E-state index in [1.165, 1.54) is 4.90 Å². The zero-order chi connectivity index (χ0) is 23.9. The Morgan fingerprint density at radius 2 is 1.82 bits per heavy atom. The third kappa shape index (κ3) is 4.58. The van der Waals surface area contributed by atoms with Gasteiger partial charge in [-0.15, -0.1) is 0 Å². The van der Waals surface area contributed by atoms with Crippen molar-refractivity contribution in [3.63, 3.8) is 0 Å². The number of aromatic nitrogens is 3. The molecule has 0 aliphatic carbocycles. The molecule has 0 atom stereocenters. The summed E-state index contributed by atoms with van der Waals surface area (Å²) in [6.45, 7) is 13.2. The van der Waals surface area contributed by atoms with E-state index in [4.69, 9.17) is 9.47 Å².